The van der Waals surface area contributed by atoms with Gasteiger partial charge in [-0.2, -0.15) is 5.10 Å². The molecule has 0 amide bonds. The van der Waals surface area contributed by atoms with Gasteiger partial charge in [0, 0.05) is 6.42 Å². The highest BCUT2D eigenvalue weighted by atomic mass is 35.5. The molecule has 1 aromatic carbocycles. The van der Waals surface area contributed by atoms with Gasteiger partial charge in [0.1, 0.15) is 5.82 Å². The van der Waals surface area contributed by atoms with Crippen molar-refractivity contribution in [1.82, 2.24) is 15.2 Å². The van der Waals surface area contributed by atoms with E-state index in [0.29, 0.717) is 16.5 Å². The fourth-order valence-electron chi connectivity index (χ4n) is 1.30. The maximum Gasteiger partial charge on any atom is 0.155 e. The van der Waals surface area contributed by atoms with Gasteiger partial charge in [0.05, 0.1) is 10.0 Å². The number of aromatic nitrogens is 3. The molecule has 0 aliphatic heterocycles. The number of halogens is 2. The quantitative estimate of drug-likeness (QED) is 0.879. The fourth-order valence-corrected chi connectivity index (χ4v) is 1.62. The molecule has 0 fully saturated rings. The minimum absolute atomic E-state index is 0.557. The topological polar surface area (TPSA) is 41.6 Å². The molecular weight excluding hydrogens is 233 g/mol. The van der Waals surface area contributed by atoms with Gasteiger partial charge < -0.3 is 0 Å². The van der Waals surface area contributed by atoms with Gasteiger partial charge in [-0.1, -0.05) is 29.3 Å². The van der Waals surface area contributed by atoms with Crippen molar-refractivity contribution in [2.24, 2.45) is 0 Å². The molecule has 0 saturated carbocycles. The maximum atomic E-state index is 5.90. The monoisotopic (exact) mass is 241 g/mol. The van der Waals surface area contributed by atoms with E-state index in [4.69, 9.17) is 23.2 Å². The van der Waals surface area contributed by atoms with Gasteiger partial charge in [-0.05, 0) is 24.6 Å². The van der Waals surface area contributed by atoms with Gasteiger partial charge in [0.25, 0.3) is 0 Å². The van der Waals surface area contributed by atoms with E-state index in [1.165, 1.54) is 0 Å². The number of nitrogens with zero attached hydrogens (tertiary/aromatic N) is 2. The van der Waals surface area contributed by atoms with Crippen LogP contribution in [0.25, 0.3) is 0 Å². The predicted molar refractivity (Wildman–Crippen MR) is 60.4 cm³/mol. The molecule has 3 nitrogen and oxygen atoms in total. The SMILES string of the molecule is Cc1nc(Cc2ccc(Cl)c(Cl)c2)n[nH]1. The van der Waals surface area contributed by atoms with Crippen LogP contribution in [0, 0.1) is 6.92 Å². The average molecular weight is 242 g/mol. The van der Waals surface area contributed by atoms with Crippen LogP contribution in [0.3, 0.4) is 0 Å². The summed E-state index contributed by atoms with van der Waals surface area (Å²) in [6.45, 7) is 1.87. The molecule has 0 atom stereocenters. The molecule has 0 spiro atoms. The third kappa shape index (κ3) is 2.49. The van der Waals surface area contributed by atoms with Crippen LogP contribution in [0.2, 0.25) is 10.0 Å². The zero-order valence-electron chi connectivity index (χ0n) is 8.09. The molecule has 1 N–H and O–H groups in total. The van der Waals surface area contributed by atoms with Crippen molar-refractivity contribution in [2.45, 2.75) is 13.3 Å². The Hall–Kier alpha value is -1.06. The summed E-state index contributed by atoms with van der Waals surface area (Å²) in [5, 5.41) is 7.96. The van der Waals surface area contributed by atoms with E-state index in [1.54, 1.807) is 6.07 Å². The van der Waals surface area contributed by atoms with E-state index in [2.05, 4.69) is 15.2 Å². The molecule has 15 heavy (non-hydrogen) atoms. The van der Waals surface area contributed by atoms with Crippen molar-refractivity contribution in [3.63, 3.8) is 0 Å². The number of nitrogens with one attached hydrogen (secondary N) is 1. The van der Waals surface area contributed by atoms with Gasteiger partial charge in [0.2, 0.25) is 0 Å². The first kappa shape index (κ1) is 10.5. The molecule has 0 saturated heterocycles. The van der Waals surface area contributed by atoms with E-state index >= 15 is 0 Å². The van der Waals surface area contributed by atoms with Crippen LogP contribution in [-0.2, 0) is 6.42 Å². The smallest absolute Gasteiger partial charge is 0.155 e. The third-order valence-corrected chi connectivity index (χ3v) is 2.73. The molecule has 2 aromatic rings. The highest BCUT2D eigenvalue weighted by Crippen LogP contribution is 2.23. The van der Waals surface area contributed by atoms with Crippen molar-refractivity contribution in [3.05, 3.63) is 45.5 Å². The molecule has 0 aliphatic carbocycles. The Kier molecular flexibility index (Phi) is 2.93. The van der Waals surface area contributed by atoms with Gasteiger partial charge in [-0.25, -0.2) is 4.98 Å². The molecule has 78 valence electrons. The molecule has 0 unspecified atom stereocenters. The molecule has 0 aliphatic rings. The first-order valence-electron chi connectivity index (χ1n) is 4.47. The Bertz CT molecular complexity index is 479. The predicted octanol–water partition coefficient (Wildman–Crippen LogP) is 3.01. The minimum Gasteiger partial charge on any atom is -0.263 e. The first-order chi connectivity index (χ1) is 7.15. The Morgan fingerprint density at radius 3 is 2.67 bits per heavy atom. The molecule has 5 heteroatoms. The highest BCUT2D eigenvalue weighted by molar-refractivity contribution is 6.42. The standard InChI is InChI=1S/C10H9Cl2N3/c1-6-13-10(15-14-6)5-7-2-3-8(11)9(12)4-7/h2-4H,5H2,1H3,(H,13,14,15). The Balaban J connectivity index is 2.21. The summed E-state index contributed by atoms with van der Waals surface area (Å²) in [7, 11) is 0. The van der Waals surface area contributed by atoms with Gasteiger partial charge in [0.15, 0.2) is 5.82 Å². The van der Waals surface area contributed by atoms with E-state index in [0.717, 1.165) is 17.2 Å². The first-order valence-corrected chi connectivity index (χ1v) is 5.22. The third-order valence-electron chi connectivity index (χ3n) is 1.99. The highest BCUT2D eigenvalue weighted by Gasteiger charge is 2.04. The number of benzene rings is 1. The van der Waals surface area contributed by atoms with Crippen molar-refractivity contribution in [3.8, 4) is 0 Å². The van der Waals surface area contributed by atoms with Gasteiger partial charge in [-0.15, -0.1) is 0 Å². The molecule has 0 radical (unpaired) electrons. The van der Waals surface area contributed by atoms with Crippen molar-refractivity contribution in [1.29, 1.82) is 0 Å². The lowest BCUT2D eigenvalue weighted by atomic mass is 10.1. The van der Waals surface area contributed by atoms with Crippen molar-refractivity contribution < 1.29 is 0 Å². The van der Waals surface area contributed by atoms with E-state index in [9.17, 15) is 0 Å². The van der Waals surface area contributed by atoms with E-state index in [-0.39, 0.29) is 0 Å². The fraction of sp³-hybridized carbons (Fsp3) is 0.200. The molecular formula is C10H9Cl2N3. The van der Waals surface area contributed by atoms with Crippen LogP contribution in [-0.4, -0.2) is 15.2 Å². The Labute approximate surface area is 97.4 Å². The minimum atomic E-state index is 0.557. The molecule has 1 aromatic heterocycles. The zero-order valence-corrected chi connectivity index (χ0v) is 9.60. The van der Waals surface area contributed by atoms with Crippen LogP contribution in [0.15, 0.2) is 18.2 Å². The molecule has 0 bridgehead atoms. The molecule has 1 heterocycles. The number of aromatic amines is 1. The van der Waals surface area contributed by atoms with Crippen LogP contribution >= 0.6 is 23.2 Å². The summed E-state index contributed by atoms with van der Waals surface area (Å²) in [6, 6.07) is 5.52. The largest absolute Gasteiger partial charge is 0.263 e. The number of aryl methyl sites for hydroxylation is 1. The number of hydrogen-bond acceptors (Lipinski definition) is 2. The van der Waals surface area contributed by atoms with Crippen molar-refractivity contribution in [2.75, 3.05) is 0 Å². The van der Waals surface area contributed by atoms with E-state index in [1.807, 2.05) is 19.1 Å². The van der Waals surface area contributed by atoms with Gasteiger partial charge >= 0.3 is 0 Å². The van der Waals surface area contributed by atoms with Crippen LogP contribution in [0.1, 0.15) is 17.2 Å². The summed E-state index contributed by atoms with van der Waals surface area (Å²) >= 11 is 11.7. The summed E-state index contributed by atoms with van der Waals surface area (Å²) in [5.41, 5.74) is 1.04. The number of hydrogen-bond donors (Lipinski definition) is 1. The zero-order chi connectivity index (χ0) is 10.8. The van der Waals surface area contributed by atoms with Gasteiger partial charge in [-0.3, -0.25) is 5.10 Å². The second-order valence-corrected chi connectivity index (χ2v) is 4.08. The van der Waals surface area contributed by atoms with Crippen LogP contribution < -0.4 is 0 Å². The lowest BCUT2D eigenvalue weighted by molar-refractivity contribution is 0.969. The normalized spacial score (nSPS) is 10.6. The van der Waals surface area contributed by atoms with Crippen molar-refractivity contribution >= 4 is 23.2 Å². The number of H-pyrrole nitrogens is 1. The Morgan fingerprint density at radius 2 is 2.07 bits per heavy atom. The summed E-state index contributed by atoms with van der Waals surface area (Å²) < 4.78 is 0. The van der Waals surface area contributed by atoms with E-state index < -0.39 is 0 Å². The lowest BCUT2D eigenvalue weighted by Gasteiger charge is -1.99. The van der Waals surface area contributed by atoms with Crippen LogP contribution in [0.4, 0.5) is 0 Å². The Morgan fingerprint density at radius 1 is 1.27 bits per heavy atom. The summed E-state index contributed by atoms with van der Waals surface area (Å²) in [6.07, 6.45) is 0.654. The lowest BCUT2D eigenvalue weighted by Crippen LogP contribution is -1.91. The second-order valence-electron chi connectivity index (χ2n) is 3.26. The summed E-state index contributed by atoms with van der Waals surface area (Å²) in [5.74, 6) is 1.57. The second kappa shape index (κ2) is 4.21. The molecule has 2 rings (SSSR count). The number of rotatable bonds is 2. The maximum absolute atomic E-state index is 5.90. The summed E-state index contributed by atoms with van der Waals surface area (Å²) in [4.78, 5) is 4.22. The van der Waals surface area contributed by atoms with Crippen LogP contribution in [0.5, 0.6) is 0 Å². The average Bonchev–Trinajstić information content (AvgIpc) is 2.58.